The van der Waals surface area contributed by atoms with Gasteiger partial charge in [-0.2, -0.15) is 0 Å². The molecule has 0 aliphatic rings. The maximum absolute atomic E-state index is 12.4. The molecule has 2 nitrogen and oxygen atoms in total. The van der Waals surface area contributed by atoms with E-state index >= 15 is 0 Å². The van der Waals surface area contributed by atoms with Crippen molar-refractivity contribution < 1.29 is 4.79 Å². The standard InChI is InChI=1S/C18H21NO.C2H6/c1-13(2)14-5-7-15(8-6-14)18(20)16-9-11-17(12-10-16)19(3)4;1-2/h5-13H,1-4H3;1-2H3. The number of hydrogen-bond donors (Lipinski definition) is 0. The van der Waals surface area contributed by atoms with Crippen LogP contribution in [0.5, 0.6) is 0 Å². The summed E-state index contributed by atoms with van der Waals surface area (Å²) in [5, 5.41) is 0. The minimum absolute atomic E-state index is 0.0746. The number of carbonyl (C=O) groups is 1. The van der Waals surface area contributed by atoms with Crippen LogP contribution in [0, 0.1) is 0 Å². The van der Waals surface area contributed by atoms with Gasteiger partial charge in [0.15, 0.2) is 5.78 Å². The molecule has 0 heterocycles. The Kier molecular flexibility index (Phi) is 6.84. The Morgan fingerprint density at radius 3 is 1.59 bits per heavy atom. The molecule has 0 fully saturated rings. The third-order valence-electron chi connectivity index (χ3n) is 3.49. The van der Waals surface area contributed by atoms with Crippen molar-refractivity contribution in [1.29, 1.82) is 0 Å². The van der Waals surface area contributed by atoms with Crippen LogP contribution < -0.4 is 4.90 Å². The van der Waals surface area contributed by atoms with Crippen molar-refractivity contribution in [2.75, 3.05) is 19.0 Å². The molecule has 0 aliphatic heterocycles. The first-order chi connectivity index (χ1) is 10.5. The topological polar surface area (TPSA) is 20.3 Å². The number of ketones is 1. The van der Waals surface area contributed by atoms with Crippen molar-refractivity contribution in [3.63, 3.8) is 0 Å². The lowest BCUT2D eigenvalue weighted by Gasteiger charge is -2.12. The SMILES string of the molecule is CC.CC(C)c1ccc(C(=O)c2ccc(N(C)C)cc2)cc1. The molecule has 2 heteroatoms. The molecule has 0 aliphatic carbocycles. The summed E-state index contributed by atoms with van der Waals surface area (Å²) in [6, 6.07) is 15.6. The zero-order chi connectivity index (χ0) is 16.7. The predicted octanol–water partition coefficient (Wildman–Crippen LogP) is 5.13. The highest BCUT2D eigenvalue weighted by Gasteiger charge is 2.09. The van der Waals surface area contributed by atoms with E-state index in [9.17, 15) is 4.79 Å². The molecule has 0 spiro atoms. The number of carbonyl (C=O) groups excluding carboxylic acids is 1. The average Bonchev–Trinajstić information content (AvgIpc) is 2.56. The fourth-order valence-corrected chi connectivity index (χ4v) is 2.10. The van der Waals surface area contributed by atoms with E-state index in [1.54, 1.807) is 0 Å². The quantitative estimate of drug-likeness (QED) is 0.729. The second-order valence-electron chi connectivity index (χ2n) is 5.55. The number of rotatable bonds is 4. The fraction of sp³-hybridized carbons (Fsp3) is 0.350. The summed E-state index contributed by atoms with van der Waals surface area (Å²) in [6.45, 7) is 8.30. The van der Waals surface area contributed by atoms with E-state index in [2.05, 4.69) is 13.8 Å². The van der Waals surface area contributed by atoms with Gasteiger partial charge in [0.05, 0.1) is 0 Å². The van der Waals surface area contributed by atoms with Gasteiger partial charge in [0.2, 0.25) is 0 Å². The average molecular weight is 297 g/mol. The van der Waals surface area contributed by atoms with Crippen LogP contribution in [-0.2, 0) is 0 Å². The smallest absolute Gasteiger partial charge is 0.193 e. The summed E-state index contributed by atoms with van der Waals surface area (Å²) in [7, 11) is 3.98. The summed E-state index contributed by atoms with van der Waals surface area (Å²) >= 11 is 0. The van der Waals surface area contributed by atoms with Crippen molar-refractivity contribution >= 4 is 11.5 Å². The van der Waals surface area contributed by atoms with Crippen molar-refractivity contribution in [1.82, 2.24) is 0 Å². The first kappa shape index (κ1) is 18.0. The highest BCUT2D eigenvalue weighted by Crippen LogP contribution is 2.18. The molecule has 0 atom stereocenters. The molecule has 2 rings (SSSR count). The second-order valence-corrected chi connectivity index (χ2v) is 5.55. The van der Waals surface area contributed by atoms with E-state index in [4.69, 9.17) is 0 Å². The van der Waals surface area contributed by atoms with Gasteiger partial charge >= 0.3 is 0 Å². The summed E-state index contributed by atoms with van der Waals surface area (Å²) in [5.41, 5.74) is 3.82. The number of benzene rings is 2. The molecule has 0 amide bonds. The first-order valence-corrected chi connectivity index (χ1v) is 7.91. The molecule has 0 saturated carbocycles. The molecule has 0 radical (unpaired) electrons. The normalized spacial score (nSPS) is 9.95. The van der Waals surface area contributed by atoms with Crippen LogP contribution in [0.15, 0.2) is 48.5 Å². The number of anilines is 1. The van der Waals surface area contributed by atoms with E-state index in [-0.39, 0.29) is 5.78 Å². The Balaban J connectivity index is 0.00000116. The lowest BCUT2D eigenvalue weighted by molar-refractivity contribution is 0.103. The molecule has 2 aromatic rings. The van der Waals surface area contributed by atoms with Crippen molar-refractivity contribution in [2.45, 2.75) is 33.6 Å². The minimum atomic E-state index is 0.0746. The Labute approximate surface area is 134 Å². The van der Waals surface area contributed by atoms with Crippen LogP contribution in [0.3, 0.4) is 0 Å². The van der Waals surface area contributed by atoms with Crippen molar-refractivity contribution in [3.8, 4) is 0 Å². The Bertz CT molecular complexity index is 527. The van der Waals surface area contributed by atoms with Gasteiger partial charge in [-0.25, -0.2) is 0 Å². The summed E-state index contributed by atoms with van der Waals surface area (Å²) in [4.78, 5) is 14.4. The van der Waals surface area contributed by atoms with Gasteiger partial charge in [-0.1, -0.05) is 52.0 Å². The Morgan fingerprint density at radius 1 is 0.818 bits per heavy atom. The van der Waals surface area contributed by atoms with Crippen LogP contribution in [0.25, 0.3) is 0 Å². The van der Waals surface area contributed by atoms with Crippen LogP contribution in [-0.4, -0.2) is 19.9 Å². The third kappa shape index (κ3) is 4.45. The molecule has 0 aromatic heterocycles. The summed E-state index contributed by atoms with van der Waals surface area (Å²) in [6.07, 6.45) is 0. The molecule has 22 heavy (non-hydrogen) atoms. The van der Waals surface area contributed by atoms with Gasteiger partial charge in [-0.3, -0.25) is 4.79 Å². The molecule has 2 aromatic carbocycles. The maximum atomic E-state index is 12.4. The van der Waals surface area contributed by atoms with Gasteiger partial charge in [0.1, 0.15) is 0 Å². The molecule has 0 saturated heterocycles. The van der Waals surface area contributed by atoms with Crippen LogP contribution in [0.1, 0.15) is 55.1 Å². The van der Waals surface area contributed by atoms with E-state index in [1.807, 2.05) is 81.4 Å². The number of nitrogens with zero attached hydrogens (tertiary/aromatic N) is 1. The van der Waals surface area contributed by atoms with E-state index < -0.39 is 0 Å². The summed E-state index contributed by atoms with van der Waals surface area (Å²) in [5.74, 6) is 0.559. The lowest BCUT2D eigenvalue weighted by atomic mass is 9.98. The summed E-state index contributed by atoms with van der Waals surface area (Å²) < 4.78 is 0. The lowest BCUT2D eigenvalue weighted by Crippen LogP contribution is -2.09. The number of hydrogen-bond acceptors (Lipinski definition) is 2. The van der Waals surface area contributed by atoms with Gasteiger partial charge in [0.25, 0.3) is 0 Å². The molecule has 0 bridgehead atoms. The molecular formula is C20H27NO. The second kappa shape index (κ2) is 8.38. The zero-order valence-corrected chi connectivity index (χ0v) is 14.6. The Morgan fingerprint density at radius 2 is 1.23 bits per heavy atom. The van der Waals surface area contributed by atoms with Gasteiger partial charge in [-0.15, -0.1) is 0 Å². The molecule has 118 valence electrons. The Hall–Kier alpha value is -2.09. The van der Waals surface area contributed by atoms with Crippen molar-refractivity contribution in [2.24, 2.45) is 0 Å². The van der Waals surface area contributed by atoms with Gasteiger partial charge < -0.3 is 4.90 Å². The van der Waals surface area contributed by atoms with Gasteiger partial charge in [-0.05, 0) is 35.7 Å². The molecule has 0 unspecified atom stereocenters. The third-order valence-corrected chi connectivity index (χ3v) is 3.49. The van der Waals surface area contributed by atoms with Gasteiger partial charge in [0, 0.05) is 30.9 Å². The largest absolute Gasteiger partial charge is 0.378 e. The highest BCUT2D eigenvalue weighted by atomic mass is 16.1. The monoisotopic (exact) mass is 297 g/mol. The van der Waals surface area contributed by atoms with Crippen LogP contribution >= 0.6 is 0 Å². The molecular weight excluding hydrogens is 270 g/mol. The maximum Gasteiger partial charge on any atom is 0.193 e. The predicted molar refractivity (Wildman–Crippen MR) is 96.1 cm³/mol. The fourth-order valence-electron chi connectivity index (χ4n) is 2.10. The van der Waals surface area contributed by atoms with E-state index in [1.165, 1.54) is 5.56 Å². The van der Waals surface area contributed by atoms with Crippen molar-refractivity contribution in [3.05, 3.63) is 65.2 Å². The van der Waals surface area contributed by atoms with Crippen LogP contribution in [0.4, 0.5) is 5.69 Å². The van der Waals surface area contributed by atoms with Crippen LogP contribution in [0.2, 0.25) is 0 Å². The van der Waals surface area contributed by atoms with E-state index in [0.29, 0.717) is 5.92 Å². The molecule has 0 N–H and O–H groups in total. The van der Waals surface area contributed by atoms with E-state index in [0.717, 1.165) is 16.8 Å². The first-order valence-electron chi connectivity index (χ1n) is 7.91. The highest BCUT2D eigenvalue weighted by molar-refractivity contribution is 6.09. The zero-order valence-electron chi connectivity index (χ0n) is 14.6. The minimum Gasteiger partial charge on any atom is -0.378 e.